The first-order valence-corrected chi connectivity index (χ1v) is 15.9. The normalized spacial score (nSPS) is 18.9. The molecule has 0 N–H and O–H groups in total. The standard InChI is InChI=1S/C39H32O12/c1-3-34(41)45-22-35(42)49-31-18-14-27(15-19-31)25-6-10-29(11-7-25)39(44)51-33-21-47-36-32(20-46-37(33)36)50-38(43)28-8-4-24(5-9-28)26-12-16-30(17-13-26)48-23(2)40/h3-19,32-33,36-37H,1,20-22H2,2H3. The van der Waals surface area contributed by atoms with Gasteiger partial charge in [0.25, 0.3) is 0 Å². The van der Waals surface area contributed by atoms with E-state index >= 15 is 0 Å². The monoisotopic (exact) mass is 692 g/mol. The average molecular weight is 693 g/mol. The van der Waals surface area contributed by atoms with Crippen molar-refractivity contribution in [1.29, 1.82) is 0 Å². The van der Waals surface area contributed by atoms with E-state index in [0.717, 1.165) is 28.3 Å². The number of carbonyl (C=O) groups excluding carboxylic acids is 5. The van der Waals surface area contributed by atoms with Crippen molar-refractivity contribution in [3.63, 3.8) is 0 Å². The number of hydrogen-bond donors (Lipinski definition) is 0. The molecule has 4 aromatic rings. The fourth-order valence-corrected chi connectivity index (χ4v) is 5.59. The SMILES string of the molecule is C=CC(=O)OCC(=O)Oc1ccc(-c2ccc(C(=O)OC3COC4C(OC(=O)c5ccc(-c6ccc(OC(C)=O)cc6)cc5)COC34)cc2)cc1. The van der Waals surface area contributed by atoms with Crippen LogP contribution < -0.4 is 9.47 Å². The first-order chi connectivity index (χ1) is 24.7. The average Bonchev–Trinajstić information content (AvgIpc) is 3.73. The van der Waals surface area contributed by atoms with Gasteiger partial charge in [-0.1, -0.05) is 55.1 Å². The van der Waals surface area contributed by atoms with Gasteiger partial charge in [-0.25, -0.2) is 19.2 Å². The molecule has 0 saturated carbocycles. The topological polar surface area (TPSA) is 150 Å². The fourth-order valence-electron chi connectivity index (χ4n) is 5.59. The van der Waals surface area contributed by atoms with E-state index in [0.29, 0.717) is 16.9 Å². The number of hydrogen-bond acceptors (Lipinski definition) is 12. The van der Waals surface area contributed by atoms with Gasteiger partial charge in [0.1, 0.15) is 23.7 Å². The Morgan fingerprint density at radius 3 is 1.41 bits per heavy atom. The van der Waals surface area contributed by atoms with Crippen molar-refractivity contribution in [2.24, 2.45) is 0 Å². The maximum absolute atomic E-state index is 13.0. The molecule has 2 fully saturated rings. The Hall–Kier alpha value is -6.11. The summed E-state index contributed by atoms with van der Waals surface area (Å²) in [5.41, 5.74) is 4.04. The summed E-state index contributed by atoms with van der Waals surface area (Å²) in [6.07, 6.45) is -1.59. The van der Waals surface area contributed by atoms with E-state index in [-0.39, 0.29) is 19.0 Å². The number of benzene rings is 4. The van der Waals surface area contributed by atoms with Crippen LogP contribution >= 0.6 is 0 Å². The van der Waals surface area contributed by atoms with E-state index in [4.69, 9.17) is 28.4 Å². The van der Waals surface area contributed by atoms with Crippen molar-refractivity contribution < 1.29 is 57.1 Å². The number of carbonyl (C=O) groups is 5. The van der Waals surface area contributed by atoms with Gasteiger partial charge >= 0.3 is 29.8 Å². The summed E-state index contributed by atoms with van der Waals surface area (Å²) in [5.74, 6) is -2.22. The van der Waals surface area contributed by atoms with Crippen molar-refractivity contribution in [2.75, 3.05) is 19.8 Å². The van der Waals surface area contributed by atoms with Crippen LogP contribution in [0.25, 0.3) is 22.3 Å². The molecule has 51 heavy (non-hydrogen) atoms. The summed E-state index contributed by atoms with van der Waals surface area (Å²) in [6.45, 7) is 4.25. The van der Waals surface area contributed by atoms with Gasteiger partial charge in [0.2, 0.25) is 0 Å². The Labute approximate surface area is 292 Å². The van der Waals surface area contributed by atoms with Crippen LogP contribution in [0.3, 0.4) is 0 Å². The van der Waals surface area contributed by atoms with E-state index in [1.54, 1.807) is 84.9 Å². The van der Waals surface area contributed by atoms with Gasteiger partial charge in [-0.3, -0.25) is 4.79 Å². The van der Waals surface area contributed by atoms with Crippen molar-refractivity contribution in [3.8, 4) is 33.8 Å². The Morgan fingerprint density at radius 2 is 1.02 bits per heavy atom. The number of rotatable bonds is 11. The predicted octanol–water partition coefficient (Wildman–Crippen LogP) is 5.13. The molecule has 0 amide bonds. The lowest BCUT2D eigenvalue weighted by atomic mass is 10.0. The summed E-state index contributed by atoms with van der Waals surface area (Å²) in [4.78, 5) is 60.1. The van der Waals surface area contributed by atoms with Crippen LogP contribution in [-0.4, -0.2) is 74.1 Å². The molecule has 6 rings (SSSR count). The third kappa shape index (κ3) is 8.55. The molecule has 2 saturated heterocycles. The molecule has 4 atom stereocenters. The molecule has 0 radical (unpaired) electrons. The van der Waals surface area contributed by atoms with E-state index in [1.807, 2.05) is 12.1 Å². The molecule has 2 heterocycles. The minimum atomic E-state index is -0.732. The van der Waals surface area contributed by atoms with Crippen molar-refractivity contribution >= 4 is 29.8 Å². The zero-order valence-electron chi connectivity index (χ0n) is 27.4. The Kier molecular flexibility index (Phi) is 10.6. The van der Waals surface area contributed by atoms with Crippen LogP contribution in [0.1, 0.15) is 27.6 Å². The van der Waals surface area contributed by atoms with E-state index in [1.165, 1.54) is 6.92 Å². The van der Waals surface area contributed by atoms with Crippen LogP contribution in [-0.2, 0) is 38.1 Å². The summed E-state index contributed by atoms with van der Waals surface area (Å²) < 4.78 is 38.1. The summed E-state index contributed by atoms with van der Waals surface area (Å²) in [7, 11) is 0. The van der Waals surface area contributed by atoms with E-state index in [2.05, 4.69) is 11.3 Å². The third-order valence-corrected chi connectivity index (χ3v) is 8.09. The van der Waals surface area contributed by atoms with Gasteiger partial charge < -0.3 is 33.2 Å². The van der Waals surface area contributed by atoms with Crippen LogP contribution in [0.4, 0.5) is 0 Å². The van der Waals surface area contributed by atoms with Crippen LogP contribution in [0.15, 0.2) is 110 Å². The zero-order chi connectivity index (χ0) is 35.9. The molecule has 0 bridgehead atoms. The van der Waals surface area contributed by atoms with Crippen molar-refractivity contribution in [2.45, 2.75) is 31.3 Å². The van der Waals surface area contributed by atoms with Gasteiger partial charge in [0, 0.05) is 13.0 Å². The van der Waals surface area contributed by atoms with Gasteiger partial charge in [0.15, 0.2) is 18.8 Å². The number of esters is 5. The largest absolute Gasteiger partial charge is 0.453 e. The molecule has 0 aromatic heterocycles. The molecular formula is C39H32O12. The number of fused-ring (bicyclic) bond motifs is 1. The van der Waals surface area contributed by atoms with Gasteiger partial charge in [0.05, 0.1) is 24.3 Å². The molecule has 4 unspecified atom stereocenters. The molecule has 2 aliphatic heterocycles. The van der Waals surface area contributed by atoms with Crippen molar-refractivity contribution in [3.05, 3.63) is 121 Å². The lowest BCUT2D eigenvalue weighted by Gasteiger charge is -2.17. The molecular weight excluding hydrogens is 660 g/mol. The quantitative estimate of drug-likeness (QED) is 0.0888. The minimum absolute atomic E-state index is 0.0890. The molecule has 260 valence electrons. The Bertz CT molecular complexity index is 1920. The van der Waals surface area contributed by atoms with Gasteiger partial charge in [-0.15, -0.1) is 0 Å². The van der Waals surface area contributed by atoms with Gasteiger partial charge in [-0.05, 0) is 70.8 Å². The lowest BCUT2D eigenvalue weighted by molar-refractivity contribution is -0.150. The minimum Gasteiger partial charge on any atom is -0.453 e. The second kappa shape index (κ2) is 15.6. The Morgan fingerprint density at radius 1 is 0.627 bits per heavy atom. The van der Waals surface area contributed by atoms with Crippen LogP contribution in [0.5, 0.6) is 11.5 Å². The molecule has 2 aliphatic rings. The molecule has 12 nitrogen and oxygen atoms in total. The van der Waals surface area contributed by atoms with E-state index in [9.17, 15) is 24.0 Å². The molecule has 4 aromatic carbocycles. The summed E-state index contributed by atoms with van der Waals surface area (Å²) >= 11 is 0. The smallest absolute Gasteiger partial charge is 0.349 e. The second-order valence-electron chi connectivity index (χ2n) is 11.6. The molecule has 0 aliphatic carbocycles. The fraction of sp³-hybridized carbons (Fsp3) is 0.205. The van der Waals surface area contributed by atoms with Crippen LogP contribution in [0.2, 0.25) is 0 Å². The lowest BCUT2D eigenvalue weighted by Crippen LogP contribution is -2.36. The first kappa shape index (κ1) is 34.7. The second-order valence-corrected chi connectivity index (χ2v) is 11.6. The summed E-state index contributed by atoms with van der Waals surface area (Å²) in [5, 5.41) is 0. The highest BCUT2D eigenvalue weighted by atomic mass is 16.7. The maximum atomic E-state index is 13.0. The molecule has 0 spiro atoms. The summed E-state index contributed by atoms with van der Waals surface area (Å²) in [6, 6.07) is 27.4. The van der Waals surface area contributed by atoms with Crippen LogP contribution in [0, 0.1) is 0 Å². The predicted molar refractivity (Wildman–Crippen MR) is 180 cm³/mol. The number of ether oxygens (including phenoxy) is 7. The molecule has 12 heteroatoms. The highest BCUT2D eigenvalue weighted by molar-refractivity contribution is 5.91. The first-order valence-electron chi connectivity index (χ1n) is 15.9. The van der Waals surface area contributed by atoms with E-state index < -0.39 is 60.9 Å². The Balaban J connectivity index is 0.982. The van der Waals surface area contributed by atoms with Gasteiger partial charge in [-0.2, -0.15) is 0 Å². The maximum Gasteiger partial charge on any atom is 0.349 e. The highest BCUT2D eigenvalue weighted by Crippen LogP contribution is 2.32. The highest BCUT2D eigenvalue weighted by Gasteiger charge is 2.51. The third-order valence-electron chi connectivity index (χ3n) is 8.09. The zero-order valence-corrected chi connectivity index (χ0v) is 27.4. The van der Waals surface area contributed by atoms with Crippen molar-refractivity contribution in [1.82, 2.24) is 0 Å².